The summed E-state index contributed by atoms with van der Waals surface area (Å²) in [6.45, 7) is 10.3. The summed E-state index contributed by atoms with van der Waals surface area (Å²) in [5.41, 5.74) is 0.539. The van der Waals surface area contributed by atoms with Crippen molar-refractivity contribution in [1.82, 2.24) is 9.88 Å². The molecular weight excluding hydrogens is 250 g/mol. The predicted octanol–water partition coefficient (Wildman–Crippen LogP) is 3.02. The zero-order valence-electron chi connectivity index (χ0n) is 12.9. The normalized spacial score (nSPS) is 22.9. The standard InChI is InChI=1S/C16H25N3O/c1-11(2)17-15-7-5-6-14(18-15)16(20)19-9-8-12(3)13(4)10-19/h5-7,11-13H,8-10H2,1-4H3,(H,17,18). The third kappa shape index (κ3) is 3.50. The van der Waals surface area contributed by atoms with Crippen molar-refractivity contribution < 1.29 is 4.79 Å². The van der Waals surface area contributed by atoms with Gasteiger partial charge in [-0.1, -0.05) is 19.9 Å². The average Bonchev–Trinajstić information content (AvgIpc) is 2.40. The lowest BCUT2D eigenvalue weighted by molar-refractivity contribution is 0.0622. The van der Waals surface area contributed by atoms with Gasteiger partial charge in [-0.2, -0.15) is 0 Å². The van der Waals surface area contributed by atoms with Crippen molar-refractivity contribution in [2.45, 2.75) is 40.2 Å². The minimum Gasteiger partial charge on any atom is -0.368 e. The number of piperidine rings is 1. The van der Waals surface area contributed by atoms with Crippen LogP contribution in [-0.2, 0) is 0 Å². The molecule has 0 spiro atoms. The molecule has 1 amide bonds. The highest BCUT2D eigenvalue weighted by Crippen LogP contribution is 2.23. The Kier molecular flexibility index (Phi) is 4.63. The molecule has 1 aliphatic heterocycles. The number of aromatic nitrogens is 1. The van der Waals surface area contributed by atoms with Gasteiger partial charge in [0.15, 0.2) is 0 Å². The number of carbonyl (C=O) groups excluding carboxylic acids is 1. The van der Waals surface area contributed by atoms with Gasteiger partial charge < -0.3 is 10.2 Å². The van der Waals surface area contributed by atoms with Crippen molar-refractivity contribution in [2.75, 3.05) is 18.4 Å². The Morgan fingerprint density at radius 1 is 1.35 bits per heavy atom. The molecule has 1 aromatic heterocycles. The zero-order chi connectivity index (χ0) is 14.7. The fourth-order valence-corrected chi connectivity index (χ4v) is 2.54. The van der Waals surface area contributed by atoms with Crippen LogP contribution < -0.4 is 5.32 Å². The minimum atomic E-state index is 0.0520. The number of rotatable bonds is 3. The number of pyridine rings is 1. The van der Waals surface area contributed by atoms with Crippen molar-refractivity contribution in [1.29, 1.82) is 0 Å². The molecule has 0 saturated carbocycles. The summed E-state index contributed by atoms with van der Waals surface area (Å²) in [5, 5.41) is 3.24. The van der Waals surface area contributed by atoms with E-state index in [9.17, 15) is 4.79 Å². The van der Waals surface area contributed by atoms with E-state index < -0.39 is 0 Å². The Hall–Kier alpha value is -1.58. The lowest BCUT2D eigenvalue weighted by Gasteiger charge is -2.35. The quantitative estimate of drug-likeness (QED) is 0.922. The molecule has 20 heavy (non-hydrogen) atoms. The maximum atomic E-state index is 12.5. The third-order valence-corrected chi connectivity index (χ3v) is 4.03. The molecule has 2 unspecified atom stereocenters. The molecule has 1 fully saturated rings. The highest BCUT2D eigenvalue weighted by molar-refractivity contribution is 5.92. The molecule has 2 rings (SSSR count). The van der Waals surface area contributed by atoms with Crippen LogP contribution in [0.5, 0.6) is 0 Å². The highest BCUT2D eigenvalue weighted by Gasteiger charge is 2.27. The van der Waals surface area contributed by atoms with Gasteiger partial charge in [0.1, 0.15) is 11.5 Å². The summed E-state index contributed by atoms with van der Waals surface area (Å²) < 4.78 is 0. The molecule has 1 N–H and O–H groups in total. The molecule has 0 radical (unpaired) electrons. The van der Waals surface area contributed by atoms with E-state index in [-0.39, 0.29) is 5.91 Å². The first-order chi connectivity index (χ1) is 9.47. The summed E-state index contributed by atoms with van der Waals surface area (Å²) in [5.74, 6) is 2.08. The van der Waals surface area contributed by atoms with Crippen LogP contribution >= 0.6 is 0 Å². The molecule has 0 aromatic carbocycles. The number of nitrogens with zero attached hydrogens (tertiary/aromatic N) is 2. The zero-order valence-corrected chi connectivity index (χ0v) is 12.9. The van der Waals surface area contributed by atoms with Crippen LogP contribution in [0.1, 0.15) is 44.6 Å². The van der Waals surface area contributed by atoms with E-state index in [1.165, 1.54) is 0 Å². The van der Waals surface area contributed by atoms with Crippen molar-refractivity contribution in [3.8, 4) is 0 Å². The van der Waals surface area contributed by atoms with Crippen LogP contribution in [-0.4, -0.2) is 34.9 Å². The number of nitrogens with one attached hydrogen (secondary N) is 1. The van der Waals surface area contributed by atoms with E-state index in [0.717, 1.165) is 25.3 Å². The van der Waals surface area contributed by atoms with E-state index >= 15 is 0 Å². The monoisotopic (exact) mass is 275 g/mol. The Morgan fingerprint density at radius 3 is 2.75 bits per heavy atom. The summed E-state index contributed by atoms with van der Waals surface area (Å²) >= 11 is 0. The van der Waals surface area contributed by atoms with Gasteiger partial charge in [-0.3, -0.25) is 4.79 Å². The van der Waals surface area contributed by atoms with Gasteiger partial charge in [-0.25, -0.2) is 4.98 Å². The number of likely N-dealkylation sites (tertiary alicyclic amines) is 1. The van der Waals surface area contributed by atoms with Gasteiger partial charge in [-0.05, 0) is 44.2 Å². The van der Waals surface area contributed by atoms with E-state index in [2.05, 4.69) is 38.0 Å². The minimum absolute atomic E-state index is 0.0520. The van der Waals surface area contributed by atoms with Crippen LogP contribution in [0.3, 0.4) is 0 Å². The third-order valence-electron chi connectivity index (χ3n) is 4.03. The van der Waals surface area contributed by atoms with Gasteiger partial charge >= 0.3 is 0 Å². The Labute approximate surface area is 121 Å². The van der Waals surface area contributed by atoms with E-state index in [4.69, 9.17) is 0 Å². The van der Waals surface area contributed by atoms with Gasteiger partial charge in [0, 0.05) is 19.1 Å². The van der Waals surface area contributed by atoms with Crippen LogP contribution in [0.15, 0.2) is 18.2 Å². The molecule has 2 heterocycles. The van der Waals surface area contributed by atoms with E-state index in [0.29, 0.717) is 23.6 Å². The molecule has 2 atom stereocenters. The van der Waals surface area contributed by atoms with Crippen LogP contribution in [0.25, 0.3) is 0 Å². The first kappa shape index (κ1) is 14.8. The summed E-state index contributed by atoms with van der Waals surface area (Å²) in [6, 6.07) is 5.90. The van der Waals surface area contributed by atoms with Crippen molar-refractivity contribution in [3.63, 3.8) is 0 Å². The molecule has 4 heteroatoms. The average molecular weight is 275 g/mol. The molecule has 1 saturated heterocycles. The number of amides is 1. The van der Waals surface area contributed by atoms with E-state index in [1.807, 2.05) is 17.0 Å². The number of hydrogen-bond donors (Lipinski definition) is 1. The van der Waals surface area contributed by atoms with Crippen LogP contribution in [0, 0.1) is 11.8 Å². The van der Waals surface area contributed by atoms with Gasteiger partial charge in [-0.15, -0.1) is 0 Å². The van der Waals surface area contributed by atoms with Gasteiger partial charge in [0.2, 0.25) is 0 Å². The van der Waals surface area contributed by atoms with Gasteiger partial charge in [0.25, 0.3) is 5.91 Å². The number of anilines is 1. The highest BCUT2D eigenvalue weighted by atomic mass is 16.2. The number of carbonyl (C=O) groups is 1. The SMILES string of the molecule is CC(C)Nc1cccc(C(=O)N2CCC(C)C(C)C2)n1. The lowest BCUT2D eigenvalue weighted by atomic mass is 9.88. The Bertz CT molecular complexity index is 473. The topological polar surface area (TPSA) is 45.2 Å². The molecule has 1 aliphatic rings. The molecule has 110 valence electrons. The Morgan fingerprint density at radius 2 is 2.10 bits per heavy atom. The van der Waals surface area contributed by atoms with Crippen LogP contribution in [0.4, 0.5) is 5.82 Å². The van der Waals surface area contributed by atoms with Crippen LogP contribution in [0.2, 0.25) is 0 Å². The largest absolute Gasteiger partial charge is 0.368 e. The summed E-state index contributed by atoms with van der Waals surface area (Å²) in [7, 11) is 0. The summed E-state index contributed by atoms with van der Waals surface area (Å²) in [4.78, 5) is 18.9. The second-order valence-corrected chi connectivity index (χ2v) is 6.20. The van der Waals surface area contributed by atoms with Crippen molar-refractivity contribution in [3.05, 3.63) is 23.9 Å². The van der Waals surface area contributed by atoms with Crippen molar-refractivity contribution in [2.24, 2.45) is 11.8 Å². The molecular formula is C16H25N3O. The predicted molar refractivity (Wildman–Crippen MR) is 81.8 cm³/mol. The summed E-state index contributed by atoms with van der Waals surface area (Å²) in [6.07, 6.45) is 1.08. The fraction of sp³-hybridized carbons (Fsp3) is 0.625. The molecule has 0 bridgehead atoms. The first-order valence-corrected chi connectivity index (χ1v) is 7.50. The second kappa shape index (κ2) is 6.25. The van der Waals surface area contributed by atoms with E-state index in [1.54, 1.807) is 6.07 Å². The molecule has 4 nitrogen and oxygen atoms in total. The Balaban J connectivity index is 2.09. The van der Waals surface area contributed by atoms with Gasteiger partial charge in [0.05, 0.1) is 0 Å². The lowest BCUT2D eigenvalue weighted by Crippen LogP contribution is -2.42. The number of hydrogen-bond acceptors (Lipinski definition) is 3. The fourth-order valence-electron chi connectivity index (χ4n) is 2.54. The molecule has 1 aromatic rings. The maximum Gasteiger partial charge on any atom is 0.272 e. The maximum absolute atomic E-state index is 12.5. The smallest absolute Gasteiger partial charge is 0.272 e. The van der Waals surface area contributed by atoms with Crippen molar-refractivity contribution >= 4 is 11.7 Å². The second-order valence-electron chi connectivity index (χ2n) is 6.20. The molecule has 0 aliphatic carbocycles. The first-order valence-electron chi connectivity index (χ1n) is 7.50.